The van der Waals surface area contributed by atoms with E-state index in [1.165, 1.54) is 0 Å². The summed E-state index contributed by atoms with van der Waals surface area (Å²) in [6.07, 6.45) is 1.81. The molecule has 0 heterocycles. The Kier molecular flexibility index (Phi) is 8.28. The normalized spacial score (nSPS) is 10.9. The Morgan fingerprint density at radius 3 is 2.56 bits per heavy atom. The number of aryl methyl sites for hydroxylation is 1. The third-order valence-corrected chi connectivity index (χ3v) is 5.30. The number of nitrogens with zero attached hydrogens (tertiary/aromatic N) is 1. The van der Waals surface area contributed by atoms with Gasteiger partial charge in [-0.1, -0.05) is 42.5 Å². The monoisotopic (exact) mass is 538 g/mol. The Labute approximate surface area is 201 Å². The first kappa shape index (κ1) is 23.4. The zero-order valence-electron chi connectivity index (χ0n) is 17.9. The molecule has 3 aromatic carbocycles. The van der Waals surface area contributed by atoms with Gasteiger partial charge in [0.2, 0.25) is 0 Å². The van der Waals surface area contributed by atoms with Crippen molar-refractivity contribution in [3.8, 4) is 17.6 Å². The predicted molar refractivity (Wildman–Crippen MR) is 136 cm³/mol. The minimum Gasteiger partial charge on any atom is -0.490 e. The van der Waals surface area contributed by atoms with Gasteiger partial charge in [0, 0.05) is 5.69 Å². The smallest absolute Gasteiger partial charge is 0.262 e. The van der Waals surface area contributed by atoms with Gasteiger partial charge in [-0.3, -0.25) is 4.79 Å². The van der Waals surface area contributed by atoms with Crippen LogP contribution in [-0.4, -0.2) is 19.1 Å². The molecule has 6 heteroatoms. The van der Waals surface area contributed by atoms with Gasteiger partial charge in [0.05, 0.1) is 21.8 Å². The second-order valence-corrected chi connectivity index (χ2v) is 8.17. The van der Waals surface area contributed by atoms with Crippen molar-refractivity contribution in [3.63, 3.8) is 0 Å². The molecule has 5 nitrogen and oxygen atoms in total. The highest BCUT2D eigenvalue weighted by atomic mass is 127. The summed E-state index contributed by atoms with van der Waals surface area (Å²) in [6, 6.07) is 23.1. The van der Waals surface area contributed by atoms with E-state index in [0.717, 1.165) is 25.9 Å². The summed E-state index contributed by atoms with van der Waals surface area (Å²) < 4.78 is 12.4. The number of rotatable bonds is 8. The molecule has 0 saturated carbocycles. The highest BCUT2D eigenvalue weighted by Crippen LogP contribution is 2.35. The highest BCUT2D eigenvalue weighted by molar-refractivity contribution is 14.1. The maximum Gasteiger partial charge on any atom is 0.262 e. The molecule has 0 bridgehead atoms. The number of halogens is 1. The van der Waals surface area contributed by atoms with Crippen LogP contribution in [0.5, 0.6) is 11.5 Å². The molecule has 0 saturated heterocycles. The first-order valence-electron chi connectivity index (χ1n) is 10.1. The topological polar surface area (TPSA) is 71.3 Å². The SMILES string of the molecule is CCOc1cc(/C=C(\C#N)c2ccccc2)cc(I)c1OCC(=O)Nc1cccc(C)c1. The van der Waals surface area contributed by atoms with Crippen LogP contribution in [0.4, 0.5) is 5.69 Å². The Morgan fingerprint density at radius 2 is 1.88 bits per heavy atom. The molecule has 3 aromatic rings. The lowest BCUT2D eigenvalue weighted by molar-refractivity contribution is -0.118. The van der Waals surface area contributed by atoms with E-state index in [2.05, 4.69) is 34.0 Å². The lowest BCUT2D eigenvalue weighted by Crippen LogP contribution is -2.20. The van der Waals surface area contributed by atoms with E-state index in [1.807, 2.05) is 86.7 Å². The number of hydrogen-bond donors (Lipinski definition) is 1. The van der Waals surface area contributed by atoms with Gasteiger partial charge in [-0.2, -0.15) is 5.26 Å². The fraction of sp³-hybridized carbons (Fsp3) is 0.154. The number of benzene rings is 3. The number of anilines is 1. The zero-order valence-corrected chi connectivity index (χ0v) is 20.0. The number of hydrogen-bond acceptors (Lipinski definition) is 4. The van der Waals surface area contributed by atoms with E-state index in [9.17, 15) is 10.1 Å². The molecule has 0 aromatic heterocycles. The van der Waals surface area contributed by atoms with Crippen molar-refractivity contribution in [1.29, 1.82) is 5.26 Å². The highest BCUT2D eigenvalue weighted by Gasteiger charge is 2.14. The predicted octanol–water partition coefficient (Wildman–Crippen LogP) is 6.08. The second kappa shape index (κ2) is 11.3. The quantitative estimate of drug-likeness (QED) is 0.215. The number of nitrogens with one attached hydrogen (secondary N) is 1. The molecule has 0 spiro atoms. The molecule has 1 N–H and O–H groups in total. The van der Waals surface area contributed by atoms with Crippen LogP contribution < -0.4 is 14.8 Å². The number of allylic oxidation sites excluding steroid dienone is 1. The third kappa shape index (κ3) is 6.34. The van der Waals surface area contributed by atoms with E-state index < -0.39 is 0 Å². The second-order valence-electron chi connectivity index (χ2n) is 7.01. The van der Waals surface area contributed by atoms with Crippen LogP contribution in [0.3, 0.4) is 0 Å². The van der Waals surface area contributed by atoms with Gasteiger partial charge in [-0.15, -0.1) is 0 Å². The fourth-order valence-corrected chi connectivity index (χ4v) is 3.88. The van der Waals surface area contributed by atoms with Crippen molar-refractivity contribution in [2.75, 3.05) is 18.5 Å². The standard InChI is InChI=1S/C26H23IN2O3/c1-3-31-24-15-19(13-21(16-28)20-9-5-4-6-10-20)14-23(27)26(24)32-17-25(30)29-22-11-7-8-18(2)12-22/h4-15H,3,17H2,1-2H3,(H,29,30)/b21-13+. The van der Waals surface area contributed by atoms with Gasteiger partial charge >= 0.3 is 0 Å². The summed E-state index contributed by atoms with van der Waals surface area (Å²) in [6.45, 7) is 4.15. The van der Waals surface area contributed by atoms with Crippen molar-refractivity contribution in [2.24, 2.45) is 0 Å². The first-order valence-corrected chi connectivity index (χ1v) is 11.2. The molecule has 32 heavy (non-hydrogen) atoms. The van der Waals surface area contributed by atoms with Crippen molar-refractivity contribution in [2.45, 2.75) is 13.8 Å². The van der Waals surface area contributed by atoms with E-state index in [0.29, 0.717) is 23.7 Å². The summed E-state index contributed by atoms with van der Waals surface area (Å²) in [4.78, 5) is 12.4. The van der Waals surface area contributed by atoms with Crippen LogP contribution >= 0.6 is 22.6 Å². The molecule has 0 aliphatic rings. The van der Waals surface area contributed by atoms with Gasteiger partial charge in [0.15, 0.2) is 18.1 Å². The Hall–Kier alpha value is -3.31. The molecular formula is C26H23IN2O3. The fourth-order valence-electron chi connectivity index (χ4n) is 3.10. The average Bonchev–Trinajstić information content (AvgIpc) is 2.77. The molecule has 0 unspecified atom stereocenters. The molecular weight excluding hydrogens is 515 g/mol. The van der Waals surface area contributed by atoms with Gasteiger partial charge in [-0.25, -0.2) is 0 Å². The maximum atomic E-state index is 12.4. The number of nitriles is 1. The number of carbonyl (C=O) groups excluding carboxylic acids is 1. The summed E-state index contributed by atoms with van der Waals surface area (Å²) in [5.74, 6) is 0.773. The van der Waals surface area contributed by atoms with Crippen LogP contribution in [0.2, 0.25) is 0 Å². The van der Waals surface area contributed by atoms with Crippen LogP contribution in [0.1, 0.15) is 23.6 Å². The minimum atomic E-state index is -0.256. The van der Waals surface area contributed by atoms with Crippen LogP contribution in [0.25, 0.3) is 11.6 Å². The van der Waals surface area contributed by atoms with Gasteiger partial charge < -0.3 is 14.8 Å². The third-order valence-electron chi connectivity index (χ3n) is 4.50. The maximum absolute atomic E-state index is 12.4. The van der Waals surface area contributed by atoms with Crippen molar-refractivity contribution >= 4 is 45.8 Å². The van der Waals surface area contributed by atoms with Crippen molar-refractivity contribution in [3.05, 3.63) is 87.0 Å². The summed E-state index contributed by atoms with van der Waals surface area (Å²) in [5.41, 5.74) is 4.00. The zero-order chi connectivity index (χ0) is 22.9. The van der Waals surface area contributed by atoms with E-state index in [4.69, 9.17) is 9.47 Å². The molecule has 162 valence electrons. The number of ether oxygens (including phenoxy) is 2. The Balaban J connectivity index is 1.80. The van der Waals surface area contributed by atoms with Crippen LogP contribution in [0.15, 0.2) is 66.7 Å². The van der Waals surface area contributed by atoms with Gasteiger partial charge in [-0.05, 0) is 83.5 Å². The van der Waals surface area contributed by atoms with E-state index in [1.54, 1.807) is 0 Å². The average molecular weight is 538 g/mol. The summed E-state index contributed by atoms with van der Waals surface area (Å²) in [5, 5.41) is 12.4. The molecule has 3 rings (SSSR count). The Morgan fingerprint density at radius 1 is 1.09 bits per heavy atom. The number of carbonyl (C=O) groups is 1. The minimum absolute atomic E-state index is 0.146. The largest absolute Gasteiger partial charge is 0.490 e. The van der Waals surface area contributed by atoms with Crippen molar-refractivity contribution in [1.82, 2.24) is 0 Å². The molecule has 1 amide bonds. The van der Waals surface area contributed by atoms with E-state index in [-0.39, 0.29) is 12.5 Å². The molecule has 0 radical (unpaired) electrons. The summed E-state index contributed by atoms with van der Waals surface area (Å²) >= 11 is 2.15. The molecule has 0 fully saturated rings. The van der Waals surface area contributed by atoms with E-state index >= 15 is 0 Å². The van der Waals surface area contributed by atoms with Crippen LogP contribution in [0, 0.1) is 21.8 Å². The molecule has 0 aliphatic carbocycles. The molecule has 0 atom stereocenters. The van der Waals surface area contributed by atoms with Gasteiger partial charge in [0.1, 0.15) is 0 Å². The van der Waals surface area contributed by atoms with Gasteiger partial charge in [0.25, 0.3) is 5.91 Å². The molecule has 0 aliphatic heterocycles. The summed E-state index contributed by atoms with van der Waals surface area (Å²) in [7, 11) is 0. The Bertz CT molecular complexity index is 1170. The van der Waals surface area contributed by atoms with Crippen LogP contribution in [-0.2, 0) is 4.79 Å². The van der Waals surface area contributed by atoms with Crippen molar-refractivity contribution < 1.29 is 14.3 Å². The lowest BCUT2D eigenvalue weighted by atomic mass is 10.0. The first-order chi connectivity index (χ1) is 15.5. The lowest BCUT2D eigenvalue weighted by Gasteiger charge is -2.15. The number of amides is 1.